The third-order valence-corrected chi connectivity index (χ3v) is 6.44. The maximum absolute atomic E-state index is 13.3. The Bertz CT molecular complexity index is 782. The van der Waals surface area contributed by atoms with Gasteiger partial charge in [-0.3, -0.25) is 9.78 Å². The molecule has 2 fully saturated rings. The summed E-state index contributed by atoms with van der Waals surface area (Å²) in [6.45, 7) is 3.55. The maximum atomic E-state index is 13.3. The van der Waals surface area contributed by atoms with Crippen molar-refractivity contribution in [2.45, 2.75) is 51.1 Å². The van der Waals surface area contributed by atoms with Gasteiger partial charge in [0.25, 0.3) is 5.91 Å². The first kappa shape index (κ1) is 20.0. The molecule has 1 aromatic heterocycles. The SMILES string of the molecule is O=C(c1ccc(F)cc1)N(Cc1cccnc1)CC1CCN(C2CCCC2)CC1. The van der Waals surface area contributed by atoms with Gasteiger partial charge in [0, 0.05) is 37.1 Å². The molecule has 0 N–H and O–H groups in total. The number of likely N-dealkylation sites (tertiary alicyclic amines) is 1. The van der Waals surface area contributed by atoms with E-state index >= 15 is 0 Å². The number of hydrogen-bond acceptors (Lipinski definition) is 3. The quantitative estimate of drug-likeness (QED) is 0.722. The second-order valence-corrected chi connectivity index (χ2v) is 8.47. The topological polar surface area (TPSA) is 36.4 Å². The largest absolute Gasteiger partial charge is 0.334 e. The van der Waals surface area contributed by atoms with Crippen molar-refractivity contribution in [3.05, 3.63) is 65.7 Å². The highest BCUT2D eigenvalue weighted by Crippen LogP contribution is 2.28. The van der Waals surface area contributed by atoms with E-state index < -0.39 is 0 Å². The number of carbonyl (C=O) groups excluding carboxylic acids is 1. The minimum Gasteiger partial charge on any atom is -0.334 e. The number of nitrogens with zero attached hydrogens (tertiary/aromatic N) is 3. The fourth-order valence-corrected chi connectivity index (χ4v) is 4.79. The number of hydrogen-bond donors (Lipinski definition) is 0. The predicted octanol–water partition coefficient (Wildman–Crippen LogP) is 4.52. The van der Waals surface area contributed by atoms with E-state index in [1.807, 2.05) is 23.2 Å². The molecule has 0 unspecified atom stereocenters. The van der Waals surface area contributed by atoms with Crippen molar-refractivity contribution in [2.75, 3.05) is 19.6 Å². The number of benzene rings is 1. The molecule has 0 atom stereocenters. The fraction of sp³-hybridized carbons (Fsp3) is 0.500. The summed E-state index contributed by atoms with van der Waals surface area (Å²) in [5, 5.41) is 0. The van der Waals surface area contributed by atoms with Crippen LogP contribution in [0.4, 0.5) is 4.39 Å². The minimum atomic E-state index is -0.320. The van der Waals surface area contributed by atoms with Gasteiger partial charge in [0.15, 0.2) is 0 Å². The number of piperidine rings is 1. The Labute approximate surface area is 172 Å². The highest BCUT2D eigenvalue weighted by molar-refractivity contribution is 5.94. The van der Waals surface area contributed by atoms with Crippen molar-refractivity contribution >= 4 is 5.91 Å². The number of halogens is 1. The van der Waals surface area contributed by atoms with Crippen LogP contribution in [0.3, 0.4) is 0 Å². The zero-order chi connectivity index (χ0) is 20.1. The lowest BCUT2D eigenvalue weighted by atomic mass is 9.94. The van der Waals surface area contributed by atoms with Gasteiger partial charge in [-0.25, -0.2) is 4.39 Å². The molecule has 5 heteroatoms. The lowest BCUT2D eigenvalue weighted by Gasteiger charge is -2.38. The van der Waals surface area contributed by atoms with Crippen LogP contribution in [-0.2, 0) is 6.54 Å². The average Bonchev–Trinajstić information content (AvgIpc) is 3.30. The normalized spacial score (nSPS) is 18.8. The second kappa shape index (κ2) is 9.49. The minimum absolute atomic E-state index is 0.0351. The molecule has 1 saturated heterocycles. The first-order chi connectivity index (χ1) is 14.2. The summed E-state index contributed by atoms with van der Waals surface area (Å²) < 4.78 is 13.3. The van der Waals surface area contributed by atoms with Gasteiger partial charge < -0.3 is 9.80 Å². The smallest absolute Gasteiger partial charge is 0.254 e. The molecule has 1 saturated carbocycles. The van der Waals surface area contributed by atoms with Crippen molar-refractivity contribution in [3.8, 4) is 0 Å². The van der Waals surface area contributed by atoms with E-state index in [9.17, 15) is 9.18 Å². The molecular weight excluding hydrogens is 365 g/mol. The van der Waals surface area contributed by atoms with Crippen molar-refractivity contribution in [3.63, 3.8) is 0 Å². The van der Waals surface area contributed by atoms with Crippen LogP contribution in [-0.4, -0.2) is 46.4 Å². The molecule has 0 radical (unpaired) electrons. The van der Waals surface area contributed by atoms with E-state index in [0.29, 0.717) is 18.0 Å². The van der Waals surface area contributed by atoms with Gasteiger partial charge in [0.05, 0.1) is 0 Å². The summed E-state index contributed by atoms with van der Waals surface area (Å²) in [5.74, 6) is 0.153. The Morgan fingerprint density at radius 2 is 1.79 bits per heavy atom. The molecular formula is C24H30FN3O. The van der Waals surface area contributed by atoms with Crippen LogP contribution >= 0.6 is 0 Å². The molecule has 2 aliphatic rings. The molecule has 0 bridgehead atoms. The van der Waals surface area contributed by atoms with Crippen LogP contribution in [0.1, 0.15) is 54.4 Å². The van der Waals surface area contributed by atoms with Gasteiger partial charge in [-0.15, -0.1) is 0 Å². The predicted molar refractivity (Wildman–Crippen MR) is 112 cm³/mol. The summed E-state index contributed by atoms with van der Waals surface area (Å²) in [5.41, 5.74) is 1.56. The van der Waals surface area contributed by atoms with Gasteiger partial charge >= 0.3 is 0 Å². The third-order valence-electron chi connectivity index (χ3n) is 6.44. The zero-order valence-corrected chi connectivity index (χ0v) is 17.0. The molecule has 2 heterocycles. The van der Waals surface area contributed by atoms with Crippen molar-refractivity contribution in [1.29, 1.82) is 0 Å². The van der Waals surface area contributed by atoms with Crippen molar-refractivity contribution in [1.82, 2.24) is 14.8 Å². The van der Waals surface area contributed by atoms with Gasteiger partial charge in [0.1, 0.15) is 5.82 Å². The molecule has 0 spiro atoms. The Hall–Kier alpha value is -2.27. The van der Waals surface area contributed by atoms with Crippen LogP contribution in [0.5, 0.6) is 0 Å². The van der Waals surface area contributed by atoms with E-state index in [1.54, 1.807) is 18.3 Å². The molecule has 1 amide bonds. The van der Waals surface area contributed by atoms with E-state index in [4.69, 9.17) is 0 Å². The summed E-state index contributed by atoms with van der Waals surface area (Å²) in [6, 6.07) is 10.6. The van der Waals surface area contributed by atoms with Crippen molar-refractivity contribution in [2.24, 2.45) is 5.92 Å². The lowest BCUT2D eigenvalue weighted by molar-refractivity contribution is 0.0650. The number of rotatable bonds is 6. The highest BCUT2D eigenvalue weighted by Gasteiger charge is 2.29. The Morgan fingerprint density at radius 1 is 1.07 bits per heavy atom. The maximum Gasteiger partial charge on any atom is 0.254 e. The molecule has 4 rings (SSSR count). The summed E-state index contributed by atoms with van der Waals surface area (Å²) in [4.78, 5) is 21.9. The van der Waals surface area contributed by atoms with Crippen LogP contribution in [0, 0.1) is 11.7 Å². The molecule has 1 aliphatic carbocycles. The summed E-state index contributed by atoms with van der Waals surface area (Å²) >= 11 is 0. The van der Waals surface area contributed by atoms with Gasteiger partial charge in [0.2, 0.25) is 0 Å². The number of pyridine rings is 1. The first-order valence-electron chi connectivity index (χ1n) is 10.9. The number of carbonyl (C=O) groups is 1. The monoisotopic (exact) mass is 395 g/mol. The Kier molecular flexibility index (Phi) is 6.55. The second-order valence-electron chi connectivity index (χ2n) is 8.47. The molecule has 4 nitrogen and oxygen atoms in total. The van der Waals surface area contributed by atoms with Crippen LogP contribution in [0.2, 0.25) is 0 Å². The third kappa shape index (κ3) is 5.21. The van der Waals surface area contributed by atoms with Gasteiger partial charge in [-0.05, 0) is 80.6 Å². The Balaban J connectivity index is 1.42. The number of amides is 1. The molecule has 1 aliphatic heterocycles. The average molecular weight is 396 g/mol. The molecule has 1 aromatic carbocycles. The fourth-order valence-electron chi connectivity index (χ4n) is 4.79. The summed E-state index contributed by atoms with van der Waals surface area (Å²) in [7, 11) is 0. The standard InChI is InChI=1S/C24H30FN3O/c25-22-9-7-21(8-10-22)24(29)28(18-20-4-3-13-26-16-20)17-19-11-14-27(15-12-19)23-5-1-2-6-23/h3-4,7-10,13,16,19,23H,1-2,5-6,11-12,14-15,17-18H2. The van der Waals surface area contributed by atoms with E-state index in [1.165, 1.54) is 37.8 Å². The Morgan fingerprint density at radius 3 is 2.45 bits per heavy atom. The van der Waals surface area contributed by atoms with Crippen molar-refractivity contribution < 1.29 is 9.18 Å². The first-order valence-corrected chi connectivity index (χ1v) is 10.9. The number of aromatic nitrogens is 1. The zero-order valence-electron chi connectivity index (χ0n) is 17.0. The van der Waals surface area contributed by atoms with Crippen LogP contribution in [0.25, 0.3) is 0 Å². The lowest BCUT2D eigenvalue weighted by Crippen LogP contribution is -2.43. The van der Waals surface area contributed by atoms with Crippen LogP contribution in [0.15, 0.2) is 48.8 Å². The molecule has 154 valence electrons. The summed E-state index contributed by atoms with van der Waals surface area (Å²) in [6.07, 6.45) is 11.3. The highest BCUT2D eigenvalue weighted by atomic mass is 19.1. The molecule has 29 heavy (non-hydrogen) atoms. The van der Waals surface area contributed by atoms with E-state index in [0.717, 1.165) is 44.1 Å². The van der Waals surface area contributed by atoms with Gasteiger partial charge in [-0.2, -0.15) is 0 Å². The van der Waals surface area contributed by atoms with Crippen LogP contribution < -0.4 is 0 Å². The molecule has 2 aromatic rings. The van der Waals surface area contributed by atoms with Gasteiger partial charge in [-0.1, -0.05) is 18.9 Å². The van der Waals surface area contributed by atoms with E-state index in [2.05, 4.69) is 9.88 Å². The van der Waals surface area contributed by atoms with E-state index in [-0.39, 0.29) is 11.7 Å².